The lowest BCUT2D eigenvalue weighted by atomic mass is 9.90. The molecule has 0 unspecified atom stereocenters. The minimum Gasteiger partial charge on any atom is -0.368 e. The molecule has 118 valence electrons. The minimum atomic E-state index is -2.93. The van der Waals surface area contributed by atoms with Crippen molar-refractivity contribution in [3.8, 4) is 0 Å². The van der Waals surface area contributed by atoms with Gasteiger partial charge in [0.15, 0.2) is 0 Å². The number of halogens is 1. The normalized spacial score (nSPS) is 21.9. The maximum atomic E-state index is 11.5. The molecule has 0 amide bonds. The third-order valence-electron chi connectivity index (χ3n) is 4.49. The molecule has 0 bridgehead atoms. The van der Waals surface area contributed by atoms with Gasteiger partial charge in [-0.05, 0) is 36.9 Å². The van der Waals surface area contributed by atoms with Crippen LogP contribution in [0.3, 0.4) is 0 Å². The quantitative estimate of drug-likeness (QED) is 0.807. The summed E-state index contributed by atoms with van der Waals surface area (Å²) >= 11 is 6.00. The number of hydrogen-bond acceptors (Lipinski definition) is 4. The zero-order valence-electron chi connectivity index (χ0n) is 12.9. The van der Waals surface area contributed by atoms with E-state index in [1.165, 1.54) is 6.26 Å². The molecule has 1 aliphatic rings. The van der Waals surface area contributed by atoms with E-state index >= 15 is 0 Å². The largest absolute Gasteiger partial charge is 0.368 e. The van der Waals surface area contributed by atoms with Gasteiger partial charge in [0, 0.05) is 42.0 Å². The Morgan fingerprint density at radius 1 is 1.36 bits per heavy atom. The Labute approximate surface area is 136 Å². The van der Waals surface area contributed by atoms with Crippen molar-refractivity contribution in [2.45, 2.75) is 19.9 Å². The molecule has 1 aliphatic heterocycles. The van der Waals surface area contributed by atoms with Crippen molar-refractivity contribution in [1.82, 2.24) is 4.98 Å². The number of aromatic nitrogens is 1. The van der Waals surface area contributed by atoms with Gasteiger partial charge in [0.05, 0.1) is 5.75 Å². The molecule has 0 N–H and O–H groups in total. The number of nitrogens with zero attached hydrogens (tertiary/aromatic N) is 2. The van der Waals surface area contributed by atoms with Crippen LogP contribution in [0.4, 0.5) is 5.69 Å². The Bertz CT molecular complexity index is 835. The number of hydrogen-bond donors (Lipinski definition) is 0. The number of anilines is 1. The second-order valence-electron chi connectivity index (χ2n) is 6.20. The molecule has 1 fully saturated rings. The van der Waals surface area contributed by atoms with Gasteiger partial charge in [0.1, 0.15) is 15.0 Å². The van der Waals surface area contributed by atoms with Gasteiger partial charge < -0.3 is 4.90 Å². The molecule has 2 heterocycles. The third kappa shape index (κ3) is 2.79. The van der Waals surface area contributed by atoms with Gasteiger partial charge in [0.25, 0.3) is 0 Å². The molecule has 0 aliphatic carbocycles. The van der Waals surface area contributed by atoms with Crippen LogP contribution in [0.2, 0.25) is 5.15 Å². The van der Waals surface area contributed by atoms with Gasteiger partial charge >= 0.3 is 0 Å². The van der Waals surface area contributed by atoms with Crippen molar-refractivity contribution in [3.63, 3.8) is 0 Å². The van der Waals surface area contributed by atoms with E-state index in [0.29, 0.717) is 5.15 Å². The average molecular weight is 339 g/mol. The first-order chi connectivity index (χ1) is 10.3. The first-order valence-electron chi connectivity index (χ1n) is 7.25. The summed E-state index contributed by atoms with van der Waals surface area (Å²) < 4.78 is 22.9. The van der Waals surface area contributed by atoms with Crippen molar-refractivity contribution >= 4 is 37.9 Å². The van der Waals surface area contributed by atoms with Gasteiger partial charge in [-0.25, -0.2) is 13.4 Å². The van der Waals surface area contributed by atoms with Crippen LogP contribution in [0, 0.1) is 12.8 Å². The molecule has 1 saturated heterocycles. The molecule has 1 aromatic heterocycles. The fourth-order valence-electron chi connectivity index (χ4n) is 3.18. The first-order valence-corrected chi connectivity index (χ1v) is 9.69. The maximum absolute atomic E-state index is 11.5. The topological polar surface area (TPSA) is 50.3 Å². The predicted octanol–water partition coefficient (Wildman–Crippen LogP) is 3.07. The van der Waals surface area contributed by atoms with Crippen molar-refractivity contribution in [2.24, 2.45) is 5.92 Å². The van der Waals surface area contributed by atoms with E-state index in [1.54, 1.807) is 6.20 Å². The van der Waals surface area contributed by atoms with Crippen molar-refractivity contribution in [2.75, 3.05) is 23.5 Å². The minimum absolute atomic E-state index is 0.187. The summed E-state index contributed by atoms with van der Waals surface area (Å²) in [6, 6.07) is 6.25. The summed E-state index contributed by atoms with van der Waals surface area (Å²) in [5.41, 5.74) is 2.26. The molecule has 1 aromatic carbocycles. The molecule has 0 saturated carbocycles. The number of aryl methyl sites for hydroxylation is 1. The molecule has 6 heteroatoms. The molecule has 0 radical (unpaired) electrons. The molecule has 22 heavy (non-hydrogen) atoms. The molecular weight excluding hydrogens is 320 g/mol. The fraction of sp³-hybridized carbons (Fsp3) is 0.438. The summed E-state index contributed by atoms with van der Waals surface area (Å²) in [4.78, 5) is 6.44. The van der Waals surface area contributed by atoms with E-state index in [4.69, 9.17) is 11.6 Å². The van der Waals surface area contributed by atoms with Crippen LogP contribution in [0.1, 0.15) is 12.5 Å². The van der Waals surface area contributed by atoms with E-state index in [2.05, 4.69) is 35.9 Å². The Balaban J connectivity index is 1.94. The van der Waals surface area contributed by atoms with Gasteiger partial charge in [-0.1, -0.05) is 17.7 Å². The zero-order chi connectivity index (χ0) is 16.1. The average Bonchev–Trinajstić information content (AvgIpc) is 2.43. The lowest BCUT2D eigenvalue weighted by Gasteiger charge is -2.48. The van der Waals surface area contributed by atoms with Crippen molar-refractivity contribution in [3.05, 3.63) is 35.1 Å². The molecule has 2 atom stereocenters. The number of benzene rings is 1. The van der Waals surface area contributed by atoms with Crippen LogP contribution in [-0.2, 0) is 9.84 Å². The van der Waals surface area contributed by atoms with Crippen LogP contribution >= 0.6 is 11.6 Å². The second kappa shape index (κ2) is 5.39. The van der Waals surface area contributed by atoms with Crippen LogP contribution in [0.5, 0.6) is 0 Å². The van der Waals surface area contributed by atoms with Crippen LogP contribution < -0.4 is 4.90 Å². The molecule has 4 nitrogen and oxygen atoms in total. The van der Waals surface area contributed by atoms with Gasteiger partial charge in [-0.3, -0.25) is 0 Å². The lowest BCUT2D eigenvalue weighted by Crippen LogP contribution is -2.57. The van der Waals surface area contributed by atoms with Crippen LogP contribution in [-0.4, -0.2) is 38.0 Å². The number of pyridine rings is 1. The van der Waals surface area contributed by atoms with E-state index in [-0.39, 0.29) is 17.7 Å². The summed E-state index contributed by atoms with van der Waals surface area (Å²) in [7, 11) is -2.93. The SMILES string of the molecule is Cc1ccc(N2C[C@H](CS(C)(=O)=O)[C@H]2C)c2cnc(Cl)cc12. The Kier molecular flexibility index (Phi) is 3.81. The molecule has 3 rings (SSSR count). The highest BCUT2D eigenvalue weighted by Crippen LogP contribution is 2.37. The van der Waals surface area contributed by atoms with Crippen molar-refractivity contribution in [1.29, 1.82) is 0 Å². The van der Waals surface area contributed by atoms with Crippen LogP contribution in [0.25, 0.3) is 10.8 Å². The summed E-state index contributed by atoms with van der Waals surface area (Å²) in [5.74, 6) is 0.435. The van der Waals surface area contributed by atoms with Gasteiger partial charge in [-0.15, -0.1) is 0 Å². The predicted molar refractivity (Wildman–Crippen MR) is 91.5 cm³/mol. The van der Waals surface area contributed by atoms with E-state index in [1.807, 2.05) is 6.07 Å². The smallest absolute Gasteiger partial charge is 0.147 e. The summed E-state index contributed by atoms with van der Waals surface area (Å²) in [6.07, 6.45) is 3.10. The highest BCUT2D eigenvalue weighted by atomic mass is 35.5. The highest BCUT2D eigenvalue weighted by Gasteiger charge is 2.38. The van der Waals surface area contributed by atoms with Gasteiger partial charge in [-0.2, -0.15) is 0 Å². The number of fused-ring (bicyclic) bond motifs is 1. The Morgan fingerprint density at radius 3 is 2.73 bits per heavy atom. The second-order valence-corrected chi connectivity index (χ2v) is 8.77. The molecular formula is C16H19ClN2O2S. The van der Waals surface area contributed by atoms with E-state index in [9.17, 15) is 8.42 Å². The number of rotatable bonds is 3. The standard InChI is InChI=1S/C16H19ClN2O2S/c1-10-4-5-15(14-7-18-16(17)6-13(10)14)19-8-12(11(19)2)9-22(3,20)21/h4-7,11-12H,8-9H2,1-3H3/t11-,12-/m1/s1. The monoisotopic (exact) mass is 338 g/mol. The third-order valence-corrected chi connectivity index (χ3v) is 5.73. The highest BCUT2D eigenvalue weighted by molar-refractivity contribution is 7.90. The lowest BCUT2D eigenvalue weighted by molar-refractivity contribution is 0.342. The number of sulfone groups is 1. The summed E-state index contributed by atoms with van der Waals surface area (Å²) in [6.45, 7) is 4.89. The zero-order valence-corrected chi connectivity index (χ0v) is 14.4. The first kappa shape index (κ1) is 15.6. The van der Waals surface area contributed by atoms with E-state index < -0.39 is 9.84 Å². The van der Waals surface area contributed by atoms with Crippen molar-refractivity contribution < 1.29 is 8.42 Å². The van der Waals surface area contributed by atoms with E-state index in [0.717, 1.165) is 28.6 Å². The van der Waals surface area contributed by atoms with Crippen LogP contribution in [0.15, 0.2) is 24.4 Å². The Hall–Kier alpha value is -1.33. The molecule has 2 aromatic rings. The Morgan fingerprint density at radius 2 is 2.09 bits per heavy atom. The molecule has 0 spiro atoms. The van der Waals surface area contributed by atoms with Gasteiger partial charge in [0.2, 0.25) is 0 Å². The summed E-state index contributed by atoms with van der Waals surface area (Å²) in [5, 5.41) is 2.64. The maximum Gasteiger partial charge on any atom is 0.147 e. The fourth-order valence-corrected chi connectivity index (χ4v) is 4.50.